The van der Waals surface area contributed by atoms with Gasteiger partial charge < -0.3 is 10.1 Å². The predicted molar refractivity (Wildman–Crippen MR) is 84.6 cm³/mol. The van der Waals surface area contributed by atoms with Crippen LogP contribution in [0.1, 0.15) is 29.5 Å². The number of carbonyl (C=O) groups excluding carboxylic acids is 1. The minimum atomic E-state index is -0.705. The highest BCUT2D eigenvalue weighted by atomic mass is 35.5. The first kappa shape index (κ1) is 15.4. The lowest BCUT2D eigenvalue weighted by molar-refractivity contribution is -0.121. The highest BCUT2D eigenvalue weighted by molar-refractivity contribution is 6.30. The van der Waals surface area contributed by atoms with Gasteiger partial charge in [-0.3, -0.25) is 4.79 Å². The van der Waals surface area contributed by atoms with Crippen LogP contribution in [-0.4, -0.2) is 13.0 Å². The minimum Gasteiger partial charge on any atom is -0.496 e. The molecule has 21 heavy (non-hydrogen) atoms. The van der Waals surface area contributed by atoms with Gasteiger partial charge in [0.25, 0.3) is 0 Å². The van der Waals surface area contributed by atoms with Gasteiger partial charge in [-0.2, -0.15) is 0 Å². The molecule has 1 amide bonds. The molecule has 0 radical (unpaired) electrons. The van der Waals surface area contributed by atoms with Crippen LogP contribution in [0, 0.1) is 0 Å². The number of methoxy groups -OCH3 is 1. The summed E-state index contributed by atoms with van der Waals surface area (Å²) in [5.74, 6) is 0.525. The van der Waals surface area contributed by atoms with Crippen LogP contribution in [0.2, 0.25) is 0 Å². The molecule has 0 saturated carbocycles. The number of alkyl halides is 1. The van der Waals surface area contributed by atoms with Crippen LogP contribution in [-0.2, 0) is 4.79 Å². The number of para-hydroxylation sites is 1. The third-order valence-corrected chi connectivity index (χ3v) is 3.74. The van der Waals surface area contributed by atoms with Gasteiger partial charge in [0.15, 0.2) is 0 Å². The van der Waals surface area contributed by atoms with Crippen LogP contribution in [0.3, 0.4) is 0 Å². The van der Waals surface area contributed by atoms with Gasteiger partial charge in [-0.15, -0.1) is 11.6 Å². The summed E-state index contributed by atoms with van der Waals surface area (Å²) in [6.07, 6.45) is 0. The Balaban J connectivity index is 2.09. The Hall–Kier alpha value is -2.00. The third kappa shape index (κ3) is 3.76. The highest BCUT2D eigenvalue weighted by Crippen LogP contribution is 2.26. The molecule has 0 spiro atoms. The topological polar surface area (TPSA) is 38.3 Å². The van der Waals surface area contributed by atoms with E-state index < -0.39 is 5.38 Å². The van der Waals surface area contributed by atoms with Gasteiger partial charge in [-0.05, 0) is 18.6 Å². The van der Waals surface area contributed by atoms with Crippen molar-refractivity contribution in [2.45, 2.75) is 18.3 Å². The van der Waals surface area contributed by atoms with Crippen molar-refractivity contribution in [1.82, 2.24) is 5.32 Å². The first-order valence-corrected chi connectivity index (χ1v) is 7.19. The quantitative estimate of drug-likeness (QED) is 0.852. The number of ether oxygens (including phenoxy) is 1. The van der Waals surface area contributed by atoms with E-state index in [4.69, 9.17) is 16.3 Å². The molecule has 0 saturated heterocycles. The van der Waals surface area contributed by atoms with Gasteiger partial charge in [0, 0.05) is 5.56 Å². The van der Waals surface area contributed by atoms with Gasteiger partial charge in [-0.25, -0.2) is 0 Å². The monoisotopic (exact) mass is 303 g/mol. The largest absolute Gasteiger partial charge is 0.496 e. The Morgan fingerprint density at radius 1 is 1.10 bits per heavy atom. The van der Waals surface area contributed by atoms with Crippen LogP contribution in [0.5, 0.6) is 5.75 Å². The molecule has 3 nitrogen and oxygen atoms in total. The van der Waals surface area contributed by atoms with E-state index in [1.807, 2.05) is 61.5 Å². The fourth-order valence-electron chi connectivity index (χ4n) is 2.16. The molecule has 0 aliphatic heterocycles. The number of rotatable bonds is 5. The standard InChI is InChI=1S/C17H18ClNO2/c1-12(14-10-6-7-11-15(14)21-2)19-17(20)16(18)13-8-4-3-5-9-13/h3-12,16H,1-2H3,(H,19,20). The Labute approximate surface area is 129 Å². The lowest BCUT2D eigenvalue weighted by Gasteiger charge is -2.19. The van der Waals surface area contributed by atoms with Crippen molar-refractivity contribution in [2.24, 2.45) is 0 Å². The number of halogens is 1. The van der Waals surface area contributed by atoms with E-state index in [0.29, 0.717) is 0 Å². The third-order valence-electron chi connectivity index (χ3n) is 3.29. The maximum Gasteiger partial charge on any atom is 0.243 e. The zero-order valence-corrected chi connectivity index (χ0v) is 12.8. The predicted octanol–water partition coefficient (Wildman–Crippen LogP) is 3.85. The summed E-state index contributed by atoms with van der Waals surface area (Å²) in [5, 5.41) is 2.21. The number of hydrogen-bond acceptors (Lipinski definition) is 2. The van der Waals surface area contributed by atoms with Crippen molar-refractivity contribution in [3.63, 3.8) is 0 Å². The molecule has 0 fully saturated rings. The Kier molecular flexibility index (Phi) is 5.23. The van der Waals surface area contributed by atoms with Crippen molar-refractivity contribution in [1.29, 1.82) is 0 Å². The summed E-state index contributed by atoms with van der Waals surface area (Å²) in [7, 11) is 1.61. The molecule has 2 unspecified atom stereocenters. The summed E-state index contributed by atoms with van der Waals surface area (Å²) in [6.45, 7) is 1.91. The van der Waals surface area contributed by atoms with Gasteiger partial charge >= 0.3 is 0 Å². The van der Waals surface area contributed by atoms with E-state index in [2.05, 4.69) is 5.32 Å². The molecule has 110 valence electrons. The lowest BCUT2D eigenvalue weighted by Crippen LogP contribution is -2.29. The van der Waals surface area contributed by atoms with Gasteiger partial charge in [0.1, 0.15) is 11.1 Å². The fraction of sp³-hybridized carbons (Fsp3) is 0.235. The zero-order chi connectivity index (χ0) is 15.2. The molecule has 2 aromatic carbocycles. The van der Waals surface area contributed by atoms with E-state index >= 15 is 0 Å². The Morgan fingerprint density at radius 2 is 1.71 bits per heavy atom. The Morgan fingerprint density at radius 3 is 2.38 bits per heavy atom. The maximum absolute atomic E-state index is 12.2. The first-order valence-electron chi connectivity index (χ1n) is 6.75. The van der Waals surface area contributed by atoms with Crippen molar-refractivity contribution in [3.05, 3.63) is 65.7 Å². The average molecular weight is 304 g/mol. The molecule has 1 N–H and O–H groups in total. The van der Waals surface area contributed by atoms with E-state index in [0.717, 1.165) is 16.9 Å². The number of carbonyl (C=O) groups is 1. The fourth-order valence-corrected chi connectivity index (χ4v) is 2.37. The van der Waals surface area contributed by atoms with Crippen molar-refractivity contribution >= 4 is 17.5 Å². The molecule has 0 aliphatic carbocycles. The summed E-state index contributed by atoms with van der Waals surface area (Å²) in [4.78, 5) is 12.2. The van der Waals surface area contributed by atoms with E-state index in [9.17, 15) is 4.79 Å². The average Bonchev–Trinajstić information content (AvgIpc) is 2.54. The van der Waals surface area contributed by atoms with Crippen LogP contribution < -0.4 is 10.1 Å². The summed E-state index contributed by atoms with van der Waals surface area (Å²) in [5.41, 5.74) is 1.70. The van der Waals surface area contributed by atoms with E-state index in [1.165, 1.54) is 0 Å². The second kappa shape index (κ2) is 7.14. The van der Waals surface area contributed by atoms with Crippen LogP contribution in [0.25, 0.3) is 0 Å². The summed E-state index contributed by atoms with van der Waals surface area (Å²) < 4.78 is 5.31. The van der Waals surface area contributed by atoms with Crippen LogP contribution >= 0.6 is 11.6 Å². The normalized spacial score (nSPS) is 13.3. The first-order chi connectivity index (χ1) is 10.1. The maximum atomic E-state index is 12.2. The highest BCUT2D eigenvalue weighted by Gasteiger charge is 2.20. The SMILES string of the molecule is COc1ccccc1C(C)NC(=O)C(Cl)c1ccccc1. The minimum absolute atomic E-state index is 0.182. The van der Waals surface area contributed by atoms with Crippen molar-refractivity contribution in [3.8, 4) is 5.75 Å². The molecular weight excluding hydrogens is 286 g/mol. The zero-order valence-electron chi connectivity index (χ0n) is 12.0. The molecule has 0 aliphatic rings. The smallest absolute Gasteiger partial charge is 0.243 e. The van der Waals surface area contributed by atoms with E-state index in [-0.39, 0.29) is 11.9 Å². The Bertz CT molecular complexity index is 601. The van der Waals surface area contributed by atoms with Crippen LogP contribution in [0.15, 0.2) is 54.6 Å². The lowest BCUT2D eigenvalue weighted by atomic mass is 10.1. The van der Waals surface area contributed by atoms with Crippen molar-refractivity contribution < 1.29 is 9.53 Å². The van der Waals surface area contributed by atoms with E-state index in [1.54, 1.807) is 7.11 Å². The number of nitrogens with one attached hydrogen (secondary N) is 1. The molecule has 0 heterocycles. The van der Waals surface area contributed by atoms with Crippen LogP contribution in [0.4, 0.5) is 0 Å². The van der Waals surface area contributed by atoms with Gasteiger partial charge in [0.05, 0.1) is 13.2 Å². The van der Waals surface area contributed by atoms with Gasteiger partial charge in [-0.1, -0.05) is 48.5 Å². The molecule has 2 atom stereocenters. The van der Waals surface area contributed by atoms with Gasteiger partial charge in [0.2, 0.25) is 5.91 Å². The number of amides is 1. The number of hydrogen-bond donors (Lipinski definition) is 1. The summed E-state index contributed by atoms with van der Waals surface area (Å²) in [6, 6.07) is 16.7. The second-order valence-corrected chi connectivity index (χ2v) is 5.18. The second-order valence-electron chi connectivity index (χ2n) is 4.75. The molecule has 4 heteroatoms. The summed E-state index contributed by atoms with van der Waals surface area (Å²) >= 11 is 6.22. The van der Waals surface area contributed by atoms with Crippen molar-refractivity contribution in [2.75, 3.05) is 7.11 Å². The molecule has 0 aromatic heterocycles. The molecule has 2 aromatic rings. The number of benzene rings is 2. The molecule has 0 bridgehead atoms. The molecular formula is C17H18ClNO2. The molecule has 2 rings (SSSR count).